The monoisotopic (exact) mass is 535 g/mol. The first-order valence-electron chi connectivity index (χ1n) is 14.7. The van der Waals surface area contributed by atoms with Crippen LogP contribution in [0.1, 0.15) is 109 Å². The maximum Gasteiger partial charge on any atom is 0.341 e. The number of ether oxygens (including phenoxy) is 2. The van der Waals surface area contributed by atoms with E-state index in [0.29, 0.717) is 47.3 Å². The van der Waals surface area contributed by atoms with E-state index in [9.17, 15) is 9.59 Å². The summed E-state index contributed by atoms with van der Waals surface area (Å²) in [5.41, 5.74) is 4.70. The lowest BCUT2D eigenvalue weighted by molar-refractivity contribution is -0.116. The Morgan fingerprint density at radius 3 is 2.74 bits per heavy atom. The number of esters is 1. The van der Waals surface area contributed by atoms with Crippen LogP contribution in [0.25, 0.3) is 0 Å². The number of aryl methyl sites for hydroxylation is 1. The van der Waals surface area contributed by atoms with Crippen molar-refractivity contribution < 1.29 is 19.1 Å². The molecule has 0 aliphatic heterocycles. The number of hydrogen-bond donors (Lipinski definition) is 1. The van der Waals surface area contributed by atoms with Crippen LogP contribution in [-0.4, -0.2) is 25.6 Å². The van der Waals surface area contributed by atoms with Gasteiger partial charge in [-0.1, -0.05) is 38.7 Å². The topological polar surface area (TPSA) is 64.6 Å². The van der Waals surface area contributed by atoms with E-state index in [4.69, 9.17) is 9.47 Å². The molecule has 6 heteroatoms. The molecule has 4 aliphatic rings. The molecule has 0 bridgehead atoms. The first kappa shape index (κ1) is 25.9. The van der Waals surface area contributed by atoms with Crippen molar-refractivity contribution in [1.82, 2.24) is 0 Å². The molecular weight excluding hydrogens is 494 g/mol. The van der Waals surface area contributed by atoms with Crippen LogP contribution in [0, 0.1) is 17.8 Å². The lowest BCUT2D eigenvalue weighted by Gasteiger charge is -2.49. The molecule has 2 saturated carbocycles. The molecule has 1 amide bonds. The number of thiophene rings is 1. The molecule has 1 aromatic carbocycles. The zero-order chi connectivity index (χ0) is 26.4. The van der Waals surface area contributed by atoms with Crippen LogP contribution in [0.3, 0.4) is 0 Å². The molecule has 1 N–H and O–H groups in total. The van der Waals surface area contributed by atoms with Crippen molar-refractivity contribution in [2.24, 2.45) is 17.8 Å². The van der Waals surface area contributed by atoms with Gasteiger partial charge in [0.1, 0.15) is 10.8 Å². The molecule has 1 heterocycles. The van der Waals surface area contributed by atoms with E-state index in [0.717, 1.165) is 37.9 Å². The number of benzene rings is 1. The predicted molar refractivity (Wildman–Crippen MR) is 151 cm³/mol. The van der Waals surface area contributed by atoms with Gasteiger partial charge in [0.25, 0.3) is 0 Å². The zero-order valence-electron chi connectivity index (χ0n) is 23.1. The zero-order valence-corrected chi connectivity index (χ0v) is 23.9. The first-order valence-corrected chi connectivity index (χ1v) is 15.5. The van der Waals surface area contributed by atoms with E-state index < -0.39 is 0 Å². The third-order valence-corrected chi connectivity index (χ3v) is 11.4. The standard InChI is InChI=1S/C32H41NO4S/c1-4-37-31(35)28-29-26(38-30(28)33-27(34)14-9-19-7-5-6-8-19)18-25-24-12-10-20-17-21(36-3)11-13-22(20)23(24)15-16-32(25,29)2/h11,13,17,19,23-25H,4-10,12,14-16,18H2,1-3H3,(H,33,34)/t23-,24-,25-,32-/m1/s1. The quantitative estimate of drug-likeness (QED) is 0.375. The van der Waals surface area contributed by atoms with E-state index in [-0.39, 0.29) is 17.3 Å². The summed E-state index contributed by atoms with van der Waals surface area (Å²) in [6, 6.07) is 6.63. The molecule has 5 nitrogen and oxygen atoms in total. The third-order valence-electron chi connectivity index (χ3n) is 10.3. The molecule has 4 atom stereocenters. The molecule has 0 saturated heterocycles. The van der Waals surface area contributed by atoms with Crippen molar-refractivity contribution >= 4 is 28.2 Å². The van der Waals surface area contributed by atoms with Crippen LogP contribution < -0.4 is 10.1 Å². The molecule has 2 fully saturated rings. The highest BCUT2D eigenvalue weighted by Crippen LogP contribution is 2.63. The fourth-order valence-electron chi connectivity index (χ4n) is 8.43. The molecule has 0 spiro atoms. The van der Waals surface area contributed by atoms with Gasteiger partial charge < -0.3 is 14.8 Å². The van der Waals surface area contributed by atoms with E-state index >= 15 is 0 Å². The van der Waals surface area contributed by atoms with Crippen molar-refractivity contribution in [3.63, 3.8) is 0 Å². The van der Waals surface area contributed by atoms with E-state index in [2.05, 4.69) is 30.4 Å². The van der Waals surface area contributed by atoms with Crippen molar-refractivity contribution in [1.29, 1.82) is 0 Å². The Bertz CT molecular complexity index is 1230. The molecule has 1 aromatic heterocycles. The van der Waals surface area contributed by atoms with Gasteiger partial charge >= 0.3 is 5.97 Å². The first-order chi connectivity index (χ1) is 18.4. The van der Waals surface area contributed by atoms with Gasteiger partial charge in [-0.15, -0.1) is 11.3 Å². The maximum atomic E-state index is 13.4. The van der Waals surface area contributed by atoms with Crippen molar-refractivity contribution in [3.05, 3.63) is 45.3 Å². The second kappa shape index (κ2) is 10.3. The lowest BCUT2D eigenvalue weighted by Crippen LogP contribution is -2.43. The largest absolute Gasteiger partial charge is 0.497 e. The SMILES string of the molecule is CCOC(=O)c1c(NC(=O)CCC2CCCC2)sc2c1[C@]1(C)CC[C@@H]3c4ccc(OC)cc4CC[C@H]3[C@H]1C2. The number of hydrogen-bond acceptors (Lipinski definition) is 5. The smallest absolute Gasteiger partial charge is 0.341 e. The minimum absolute atomic E-state index is 0.0344. The van der Waals surface area contributed by atoms with Gasteiger partial charge in [0.2, 0.25) is 5.91 Å². The fourth-order valence-corrected chi connectivity index (χ4v) is 9.83. The minimum atomic E-state index is -0.277. The molecule has 204 valence electrons. The van der Waals surface area contributed by atoms with Crippen molar-refractivity contribution in [2.75, 3.05) is 19.0 Å². The Hall–Kier alpha value is -2.34. The predicted octanol–water partition coefficient (Wildman–Crippen LogP) is 7.41. The highest BCUT2D eigenvalue weighted by molar-refractivity contribution is 7.17. The van der Waals surface area contributed by atoms with Gasteiger partial charge in [-0.25, -0.2) is 4.79 Å². The molecule has 6 rings (SSSR count). The molecule has 38 heavy (non-hydrogen) atoms. The number of carbonyl (C=O) groups is 2. The lowest BCUT2D eigenvalue weighted by atomic mass is 9.54. The number of methoxy groups -OCH3 is 1. The van der Waals surface area contributed by atoms with E-state index in [1.807, 2.05) is 6.92 Å². The van der Waals surface area contributed by atoms with Gasteiger partial charge in [-0.05, 0) is 103 Å². The summed E-state index contributed by atoms with van der Waals surface area (Å²) in [6.45, 7) is 4.57. The Balaban J connectivity index is 1.27. The van der Waals surface area contributed by atoms with Crippen LogP contribution in [0.4, 0.5) is 5.00 Å². The van der Waals surface area contributed by atoms with Gasteiger partial charge in [0.15, 0.2) is 0 Å². The van der Waals surface area contributed by atoms with Crippen LogP contribution in [0.2, 0.25) is 0 Å². The summed E-state index contributed by atoms with van der Waals surface area (Å²) in [5.74, 6) is 3.07. The van der Waals surface area contributed by atoms with Crippen molar-refractivity contribution in [3.8, 4) is 5.75 Å². The van der Waals surface area contributed by atoms with Gasteiger partial charge in [0.05, 0.1) is 19.3 Å². The van der Waals surface area contributed by atoms with E-state index in [1.54, 1.807) is 18.4 Å². The molecular formula is C32H41NO4S. The molecule has 2 aromatic rings. The number of amides is 1. The third kappa shape index (κ3) is 4.37. The second-order valence-electron chi connectivity index (χ2n) is 12.2. The summed E-state index contributed by atoms with van der Waals surface area (Å²) < 4.78 is 11.1. The number of anilines is 1. The van der Waals surface area contributed by atoms with Crippen molar-refractivity contribution in [2.45, 2.75) is 95.8 Å². The summed E-state index contributed by atoms with van der Waals surface area (Å²) >= 11 is 1.63. The van der Waals surface area contributed by atoms with E-state index in [1.165, 1.54) is 53.7 Å². The summed E-state index contributed by atoms with van der Waals surface area (Å²) in [5, 5.41) is 3.88. The molecule has 4 aliphatic carbocycles. The average Bonchev–Trinajstić information content (AvgIpc) is 3.62. The molecule has 0 radical (unpaired) electrons. The minimum Gasteiger partial charge on any atom is -0.497 e. The van der Waals surface area contributed by atoms with Crippen LogP contribution in [0.15, 0.2) is 18.2 Å². The van der Waals surface area contributed by atoms with Crippen LogP contribution in [0.5, 0.6) is 5.75 Å². The highest BCUT2D eigenvalue weighted by Gasteiger charge is 2.55. The van der Waals surface area contributed by atoms with Crippen LogP contribution in [-0.2, 0) is 27.8 Å². The number of rotatable bonds is 7. The number of nitrogens with one attached hydrogen (secondary N) is 1. The summed E-state index contributed by atoms with van der Waals surface area (Å²) in [4.78, 5) is 27.6. The Morgan fingerprint density at radius 1 is 1.16 bits per heavy atom. The Labute approximate surface area is 230 Å². The highest BCUT2D eigenvalue weighted by atomic mass is 32.1. The fraction of sp³-hybridized carbons (Fsp3) is 0.625. The van der Waals surface area contributed by atoms with Gasteiger partial charge in [-0.2, -0.15) is 0 Å². The second-order valence-corrected chi connectivity index (χ2v) is 13.3. The summed E-state index contributed by atoms with van der Waals surface area (Å²) in [7, 11) is 1.74. The average molecular weight is 536 g/mol. The number of carbonyl (C=O) groups excluding carboxylic acids is 2. The summed E-state index contributed by atoms with van der Waals surface area (Å²) in [6.07, 6.45) is 12.0. The maximum absolute atomic E-state index is 13.4. The molecule has 0 unspecified atom stereocenters. The van der Waals surface area contributed by atoms with Gasteiger partial charge in [0, 0.05) is 11.3 Å². The number of fused-ring (bicyclic) bond motifs is 7. The Kier molecular flexibility index (Phi) is 7.04. The Morgan fingerprint density at radius 2 is 1.97 bits per heavy atom. The van der Waals surface area contributed by atoms with Crippen LogP contribution >= 0.6 is 11.3 Å². The van der Waals surface area contributed by atoms with Gasteiger partial charge in [-0.3, -0.25) is 4.79 Å². The normalized spacial score (nSPS) is 27.7.